The molecule has 0 aliphatic carbocycles. The summed E-state index contributed by atoms with van der Waals surface area (Å²) in [6, 6.07) is 14.5. The van der Waals surface area contributed by atoms with Gasteiger partial charge in [0.2, 0.25) is 0 Å². The smallest absolute Gasteiger partial charge is 0.0706 e. The first-order valence-corrected chi connectivity index (χ1v) is 6.83. The van der Waals surface area contributed by atoms with Gasteiger partial charge in [-0.2, -0.15) is 0 Å². The number of anilines is 1. The number of aryl methyl sites for hydroxylation is 1. The molecule has 0 saturated carbocycles. The summed E-state index contributed by atoms with van der Waals surface area (Å²) < 4.78 is 0. The lowest BCUT2D eigenvalue weighted by atomic mass is 10.1. The molecule has 0 fully saturated rings. The van der Waals surface area contributed by atoms with E-state index in [9.17, 15) is 0 Å². The van der Waals surface area contributed by atoms with Gasteiger partial charge in [0.1, 0.15) is 0 Å². The molecule has 2 heteroatoms. The summed E-state index contributed by atoms with van der Waals surface area (Å²) in [4.78, 5) is 4.78. The number of hydrogen-bond acceptors (Lipinski definition) is 2. The fourth-order valence-corrected chi connectivity index (χ4v) is 2.06. The summed E-state index contributed by atoms with van der Waals surface area (Å²) in [6.07, 6.45) is 0.930. The van der Waals surface area contributed by atoms with E-state index < -0.39 is 0 Å². The summed E-state index contributed by atoms with van der Waals surface area (Å²) >= 11 is 0. The highest BCUT2D eigenvalue weighted by molar-refractivity contribution is 5.63. The number of rotatable bonds is 3. The predicted molar refractivity (Wildman–Crippen MR) is 82.4 cm³/mol. The van der Waals surface area contributed by atoms with Gasteiger partial charge in [-0.1, -0.05) is 37.3 Å². The maximum Gasteiger partial charge on any atom is 0.0706 e. The first kappa shape index (κ1) is 13.6. The number of hydrogen-bond donors (Lipinski definition) is 1. The fourth-order valence-electron chi connectivity index (χ4n) is 2.06. The summed E-state index contributed by atoms with van der Waals surface area (Å²) in [6.45, 7) is 8.64. The third-order valence-corrected chi connectivity index (χ3v) is 2.89. The van der Waals surface area contributed by atoms with Gasteiger partial charge in [-0.25, -0.2) is 0 Å². The van der Waals surface area contributed by atoms with E-state index in [0.717, 1.165) is 23.5 Å². The lowest BCUT2D eigenvalue weighted by Gasteiger charge is -2.24. The topological polar surface area (TPSA) is 24.9 Å². The number of benzene rings is 1. The van der Waals surface area contributed by atoms with E-state index in [1.165, 1.54) is 5.56 Å². The Morgan fingerprint density at radius 2 is 1.68 bits per heavy atom. The third-order valence-electron chi connectivity index (χ3n) is 2.89. The van der Waals surface area contributed by atoms with Crippen LogP contribution in [0, 0.1) is 0 Å². The minimum Gasteiger partial charge on any atom is -0.379 e. The molecule has 0 aliphatic rings. The quantitative estimate of drug-likeness (QED) is 0.871. The van der Waals surface area contributed by atoms with E-state index >= 15 is 0 Å². The lowest BCUT2D eigenvalue weighted by molar-refractivity contribution is 0.632. The van der Waals surface area contributed by atoms with Crippen molar-refractivity contribution in [1.82, 2.24) is 4.98 Å². The number of pyridine rings is 1. The second kappa shape index (κ2) is 5.43. The zero-order valence-corrected chi connectivity index (χ0v) is 12.2. The fraction of sp³-hybridized carbons (Fsp3) is 0.353. The van der Waals surface area contributed by atoms with Crippen molar-refractivity contribution in [3.05, 3.63) is 48.2 Å². The molecule has 2 aromatic rings. The van der Waals surface area contributed by atoms with Crippen LogP contribution in [0.2, 0.25) is 0 Å². The zero-order chi connectivity index (χ0) is 13.9. The largest absolute Gasteiger partial charge is 0.379 e. The van der Waals surface area contributed by atoms with Crippen LogP contribution in [0.5, 0.6) is 0 Å². The number of nitrogens with zero attached hydrogens (tertiary/aromatic N) is 1. The van der Waals surface area contributed by atoms with E-state index in [0.29, 0.717) is 0 Å². The van der Waals surface area contributed by atoms with Crippen molar-refractivity contribution in [2.75, 3.05) is 5.32 Å². The molecule has 0 saturated heterocycles. The standard InChI is InChI=1S/C17H22N2/c1-5-14-16(19-17(2,3)4)12-11-15(18-14)13-9-7-6-8-10-13/h6-12,19H,5H2,1-4H3. The molecule has 0 unspecified atom stereocenters. The second-order valence-electron chi connectivity index (χ2n) is 5.79. The monoisotopic (exact) mass is 254 g/mol. The molecular formula is C17H22N2. The normalized spacial score (nSPS) is 11.4. The minimum atomic E-state index is 0.0554. The molecular weight excluding hydrogens is 232 g/mol. The van der Waals surface area contributed by atoms with E-state index in [1.54, 1.807) is 0 Å². The molecule has 1 aromatic heterocycles. The Balaban J connectivity index is 2.36. The van der Waals surface area contributed by atoms with Crippen LogP contribution in [0.3, 0.4) is 0 Å². The Morgan fingerprint density at radius 3 is 2.26 bits per heavy atom. The van der Waals surface area contributed by atoms with Gasteiger partial charge >= 0.3 is 0 Å². The van der Waals surface area contributed by atoms with E-state index in [2.05, 4.69) is 57.3 Å². The lowest BCUT2D eigenvalue weighted by Crippen LogP contribution is -2.27. The Bertz CT molecular complexity index is 539. The summed E-state index contributed by atoms with van der Waals surface area (Å²) in [7, 11) is 0. The zero-order valence-electron chi connectivity index (χ0n) is 12.2. The molecule has 0 aliphatic heterocycles. The van der Waals surface area contributed by atoms with Crippen molar-refractivity contribution in [3.8, 4) is 11.3 Å². The highest BCUT2D eigenvalue weighted by Crippen LogP contribution is 2.24. The highest BCUT2D eigenvalue weighted by Gasteiger charge is 2.13. The van der Waals surface area contributed by atoms with E-state index in [1.807, 2.05) is 18.2 Å². The van der Waals surface area contributed by atoms with Gasteiger partial charge in [0, 0.05) is 11.1 Å². The van der Waals surface area contributed by atoms with Crippen LogP contribution in [0.1, 0.15) is 33.4 Å². The van der Waals surface area contributed by atoms with Crippen LogP contribution in [0.15, 0.2) is 42.5 Å². The Hall–Kier alpha value is -1.83. The van der Waals surface area contributed by atoms with E-state index in [-0.39, 0.29) is 5.54 Å². The van der Waals surface area contributed by atoms with Crippen LogP contribution in [0.4, 0.5) is 5.69 Å². The maximum atomic E-state index is 4.78. The second-order valence-corrected chi connectivity index (χ2v) is 5.79. The number of aromatic nitrogens is 1. The van der Waals surface area contributed by atoms with Crippen molar-refractivity contribution in [2.24, 2.45) is 0 Å². The summed E-state index contributed by atoms with van der Waals surface area (Å²) in [5.74, 6) is 0. The molecule has 2 rings (SSSR count). The van der Waals surface area contributed by atoms with Crippen molar-refractivity contribution in [1.29, 1.82) is 0 Å². The van der Waals surface area contributed by atoms with Gasteiger partial charge in [0.15, 0.2) is 0 Å². The molecule has 0 spiro atoms. The molecule has 1 aromatic carbocycles. The summed E-state index contributed by atoms with van der Waals surface area (Å²) in [5.41, 5.74) is 4.52. The molecule has 0 amide bonds. The number of nitrogens with one attached hydrogen (secondary N) is 1. The molecule has 1 N–H and O–H groups in total. The van der Waals surface area contributed by atoms with Gasteiger partial charge < -0.3 is 5.32 Å². The van der Waals surface area contributed by atoms with Gasteiger partial charge in [-0.05, 0) is 39.3 Å². The molecule has 0 bridgehead atoms. The van der Waals surface area contributed by atoms with Crippen molar-refractivity contribution < 1.29 is 0 Å². The highest BCUT2D eigenvalue weighted by atomic mass is 15.0. The van der Waals surface area contributed by atoms with Crippen molar-refractivity contribution in [2.45, 2.75) is 39.7 Å². The first-order valence-electron chi connectivity index (χ1n) is 6.83. The van der Waals surface area contributed by atoms with Crippen LogP contribution in [0.25, 0.3) is 11.3 Å². The minimum absolute atomic E-state index is 0.0554. The van der Waals surface area contributed by atoms with Crippen LogP contribution < -0.4 is 5.32 Å². The van der Waals surface area contributed by atoms with E-state index in [4.69, 9.17) is 4.98 Å². The molecule has 0 radical (unpaired) electrons. The predicted octanol–water partition coefficient (Wildman–Crippen LogP) is 4.52. The Kier molecular flexibility index (Phi) is 3.89. The third kappa shape index (κ3) is 3.57. The SMILES string of the molecule is CCc1nc(-c2ccccc2)ccc1NC(C)(C)C. The van der Waals surface area contributed by atoms with Crippen LogP contribution in [-0.4, -0.2) is 10.5 Å². The molecule has 0 atom stereocenters. The average Bonchev–Trinajstić information content (AvgIpc) is 2.38. The van der Waals surface area contributed by atoms with Crippen molar-refractivity contribution >= 4 is 5.69 Å². The molecule has 1 heterocycles. The van der Waals surface area contributed by atoms with Gasteiger partial charge in [0.05, 0.1) is 17.1 Å². The van der Waals surface area contributed by atoms with Crippen LogP contribution in [-0.2, 0) is 6.42 Å². The van der Waals surface area contributed by atoms with Crippen LogP contribution >= 0.6 is 0 Å². The molecule has 2 nitrogen and oxygen atoms in total. The Labute approximate surface area is 115 Å². The van der Waals surface area contributed by atoms with Crippen molar-refractivity contribution in [3.63, 3.8) is 0 Å². The molecule has 19 heavy (non-hydrogen) atoms. The molecule has 100 valence electrons. The summed E-state index contributed by atoms with van der Waals surface area (Å²) in [5, 5.41) is 3.52. The Morgan fingerprint density at radius 1 is 1.00 bits per heavy atom. The average molecular weight is 254 g/mol. The first-order chi connectivity index (χ1) is 8.99. The van der Waals surface area contributed by atoms with Gasteiger partial charge in [0.25, 0.3) is 0 Å². The maximum absolute atomic E-state index is 4.78. The van der Waals surface area contributed by atoms with Gasteiger partial charge in [-0.15, -0.1) is 0 Å². The van der Waals surface area contributed by atoms with Gasteiger partial charge in [-0.3, -0.25) is 4.98 Å².